The van der Waals surface area contributed by atoms with Crippen LogP contribution in [0.4, 0.5) is 5.69 Å². The van der Waals surface area contributed by atoms with Crippen molar-refractivity contribution in [1.82, 2.24) is 10.2 Å². The summed E-state index contributed by atoms with van der Waals surface area (Å²) >= 11 is 5.99. The summed E-state index contributed by atoms with van der Waals surface area (Å²) in [7, 11) is -2.59. The Bertz CT molecular complexity index is 1390. The maximum Gasteiger partial charge on any atom is 0.264 e. The first-order valence-corrected chi connectivity index (χ1v) is 14.8. The molecule has 0 saturated carbocycles. The second-order valence-corrected chi connectivity index (χ2v) is 12.6. The Morgan fingerprint density at radius 2 is 1.55 bits per heavy atom. The first kappa shape index (κ1) is 31.0. The zero-order valence-electron chi connectivity index (χ0n) is 23.4. The third-order valence-corrected chi connectivity index (χ3v) is 8.16. The van der Waals surface area contributed by atoms with Crippen molar-refractivity contribution in [2.24, 2.45) is 0 Å². The topological polar surface area (TPSA) is 96.0 Å². The number of nitrogens with one attached hydrogen (secondary N) is 1. The van der Waals surface area contributed by atoms with Crippen LogP contribution in [0.2, 0.25) is 5.02 Å². The SMILES string of the molecule is CC[C@@H](C(=O)NC(C)(C)C)N(Cc1ccc(OC)cc1)C(=O)CN(c1ccccc1)S(=O)(=O)c1ccc(Cl)cc1. The standard InChI is InChI=1S/C30H36ClN3O5S/c1-6-27(29(36)32-30(2,3)4)33(20-22-12-16-25(39-5)17-13-22)28(35)21-34(24-10-8-7-9-11-24)40(37,38)26-18-14-23(31)15-19-26/h7-19,27H,6,20-21H2,1-5H3,(H,32,36)/t27-/m0/s1. The predicted molar refractivity (Wildman–Crippen MR) is 158 cm³/mol. The lowest BCUT2D eigenvalue weighted by molar-refractivity contribution is -0.141. The molecular weight excluding hydrogens is 550 g/mol. The van der Waals surface area contributed by atoms with Gasteiger partial charge in [-0.25, -0.2) is 8.42 Å². The van der Waals surface area contributed by atoms with Gasteiger partial charge in [-0.2, -0.15) is 0 Å². The van der Waals surface area contributed by atoms with Gasteiger partial charge in [0, 0.05) is 17.1 Å². The Balaban J connectivity index is 2.04. The van der Waals surface area contributed by atoms with E-state index < -0.39 is 34.1 Å². The van der Waals surface area contributed by atoms with Crippen molar-refractivity contribution in [2.45, 2.75) is 57.1 Å². The van der Waals surface area contributed by atoms with E-state index in [0.717, 1.165) is 9.87 Å². The fourth-order valence-electron chi connectivity index (χ4n) is 4.16. The Kier molecular flexibility index (Phi) is 10.2. The van der Waals surface area contributed by atoms with Gasteiger partial charge in [-0.1, -0.05) is 48.9 Å². The summed E-state index contributed by atoms with van der Waals surface area (Å²) in [4.78, 5) is 28.8. The number of methoxy groups -OCH3 is 1. The van der Waals surface area contributed by atoms with Crippen LogP contribution in [0.25, 0.3) is 0 Å². The van der Waals surface area contributed by atoms with Gasteiger partial charge in [0.15, 0.2) is 0 Å². The fraction of sp³-hybridized carbons (Fsp3) is 0.333. The smallest absolute Gasteiger partial charge is 0.264 e. The van der Waals surface area contributed by atoms with Crippen molar-refractivity contribution in [3.63, 3.8) is 0 Å². The van der Waals surface area contributed by atoms with E-state index in [-0.39, 0.29) is 17.3 Å². The lowest BCUT2D eigenvalue weighted by Crippen LogP contribution is -2.55. The molecule has 1 N–H and O–H groups in total. The molecule has 1 atom stereocenters. The summed E-state index contributed by atoms with van der Waals surface area (Å²) in [6.45, 7) is 7.00. The van der Waals surface area contributed by atoms with Gasteiger partial charge < -0.3 is 15.0 Å². The number of sulfonamides is 1. The highest BCUT2D eigenvalue weighted by atomic mass is 35.5. The second kappa shape index (κ2) is 13.2. The zero-order chi connectivity index (χ0) is 29.5. The van der Waals surface area contributed by atoms with E-state index in [1.807, 2.05) is 39.8 Å². The molecule has 214 valence electrons. The Labute approximate surface area is 241 Å². The van der Waals surface area contributed by atoms with E-state index in [1.54, 1.807) is 49.6 Å². The van der Waals surface area contributed by atoms with E-state index in [1.165, 1.54) is 29.2 Å². The van der Waals surface area contributed by atoms with Crippen LogP contribution in [0.5, 0.6) is 5.75 Å². The van der Waals surface area contributed by atoms with Gasteiger partial charge in [-0.3, -0.25) is 13.9 Å². The molecule has 0 saturated heterocycles. The van der Waals surface area contributed by atoms with Crippen LogP contribution in [-0.2, 0) is 26.2 Å². The van der Waals surface area contributed by atoms with E-state index in [4.69, 9.17) is 16.3 Å². The molecule has 0 heterocycles. The fourth-order valence-corrected chi connectivity index (χ4v) is 5.70. The first-order chi connectivity index (χ1) is 18.9. The maximum absolute atomic E-state index is 14.1. The lowest BCUT2D eigenvalue weighted by Gasteiger charge is -2.34. The molecule has 0 aliphatic rings. The van der Waals surface area contributed by atoms with Crippen LogP contribution in [-0.4, -0.2) is 50.4 Å². The minimum Gasteiger partial charge on any atom is -0.497 e. The molecule has 40 heavy (non-hydrogen) atoms. The average Bonchev–Trinajstić information content (AvgIpc) is 2.91. The van der Waals surface area contributed by atoms with E-state index >= 15 is 0 Å². The van der Waals surface area contributed by atoms with Gasteiger partial charge in [0.2, 0.25) is 11.8 Å². The summed E-state index contributed by atoms with van der Waals surface area (Å²) in [6.07, 6.45) is 0.332. The van der Waals surface area contributed by atoms with Crippen LogP contribution >= 0.6 is 11.6 Å². The molecule has 3 rings (SSSR count). The molecule has 2 amide bonds. The van der Waals surface area contributed by atoms with Gasteiger partial charge >= 0.3 is 0 Å². The minimum atomic E-state index is -4.15. The van der Waals surface area contributed by atoms with Crippen LogP contribution in [0.3, 0.4) is 0 Å². The molecule has 0 aliphatic carbocycles. The van der Waals surface area contributed by atoms with Crippen LogP contribution in [0.15, 0.2) is 83.8 Å². The predicted octanol–water partition coefficient (Wildman–Crippen LogP) is 5.27. The number of amides is 2. The largest absolute Gasteiger partial charge is 0.497 e. The second-order valence-electron chi connectivity index (χ2n) is 10.3. The average molecular weight is 586 g/mol. The molecule has 3 aromatic carbocycles. The molecule has 0 fully saturated rings. The monoisotopic (exact) mass is 585 g/mol. The minimum absolute atomic E-state index is 0.00669. The molecular formula is C30H36ClN3O5S. The van der Waals surface area contributed by atoms with Crippen molar-refractivity contribution < 1.29 is 22.7 Å². The number of hydrogen-bond acceptors (Lipinski definition) is 5. The van der Waals surface area contributed by atoms with E-state index in [2.05, 4.69) is 5.32 Å². The van der Waals surface area contributed by atoms with Gasteiger partial charge in [0.1, 0.15) is 18.3 Å². The van der Waals surface area contributed by atoms with E-state index in [0.29, 0.717) is 22.9 Å². The molecule has 10 heteroatoms. The van der Waals surface area contributed by atoms with Gasteiger partial charge in [-0.15, -0.1) is 0 Å². The number of carbonyl (C=O) groups is 2. The number of anilines is 1. The number of para-hydroxylation sites is 1. The van der Waals surface area contributed by atoms with Crippen LogP contribution in [0, 0.1) is 0 Å². The van der Waals surface area contributed by atoms with Crippen molar-refractivity contribution >= 4 is 39.1 Å². The highest BCUT2D eigenvalue weighted by molar-refractivity contribution is 7.92. The van der Waals surface area contributed by atoms with Crippen molar-refractivity contribution in [3.05, 3.63) is 89.4 Å². The summed E-state index contributed by atoms with van der Waals surface area (Å²) in [6, 6.07) is 20.5. The summed E-state index contributed by atoms with van der Waals surface area (Å²) < 4.78 is 33.9. The number of hydrogen-bond donors (Lipinski definition) is 1. The number of halogens is 1. The van der Waals surface area contributed by atoms with Crippen molar-refractivity contribution in [3.8, 4) is 5.75 Å². The number of benzene rings is 3. The van der Waals surface area contributed by atoms with E-state index in [9.17, 15) is 18.0 Å². The Hall–Kier alpha value is -3.56. The van der Waals surface area contributed by atoms with Gasteiger partial charge in [0.05, 0.1) is 17.7 Å². The molecule has 0 aliphatic heterocycles. The Morgan fingerprint density at radius 1 is 0.950 bits per heavy atom. The third kappa shape index (κ3) is 7.99. The van der Waals surface area contributed by atoms with Crippen molar-refractivity contribution in [1.29, 1.82) is 0 Å². The zero-order valence-corrected chi connectivity index (χ0v) is 25.0. The number of rotatable bonds is 11. The quantitative estimate of drug-likeness (QED) is 0.331. The van der Waals surface area contributed by atoms with Crippen LogP contribution in [0.1, 0.15) is 39.7 Å². The van der Waals surface area contributed by atoms with Gasteiger partial charge in [-0.05, 0) is 81.3 Å². The molecule has 0 bridgehead atoms. The Morgan fingerprint density at radius 3 is 2.08 bits per heavy atom. The molecule has 0 aromatic heterocycles. The third-order valence-electron chi connectivity index (χ3n) is 6.12. The van der Waals surface area contributed by atoms with Crippen molar-refractivity contribution in [2.75, 3.05) is 18.0 Å². The van der Waals surface area contributed by atoms with Gasteiger partial charge in [0.25, 0.3) is 10.0 Å². The summed E-state index contributed by atoms with van der Waals surface area (Å²) in [5.74, 6) is -0.180. The summed E-state index contributed by atoms with van der Waals surface area (Å²) in [5.41, 5.74) is 0.568. The highest BCUT2D eigenvalue weighted by Gasteiger charge is 2.34. The number of ether oxygens (including phenoxy) is 1. The molecule has 0 radical (unpaired) electrons. The maximum atomic E-state index is 14.1. The lowest BCUT2D eigenvalue weighted by atomic mass is 10.1. The summed E-state index contributed by atoms with van der Waals surface area (Å²) in [5, 5.41) is 3.35. The number of nitrogens with zero attached hydrogens (tertiary/aromatic N) is 2. The normalized spacial score (nSPS) is 12.3. The van der Waals surface area contributed by atoms with Crippen LogP contribution < -0.4 is 14.4 Å². The highest BCUT2D eigenvalue weighted by Crippen LogP contribution is 2.26. The first-order valence-electron chi connectivity index (χ1n) is 12.9. The molecule has 0 spiro atoms. The molecule has 8 nitrogen and oxygen atoms in total. The number of carbonyl (C=O) groups excluding carboxylic acids is 2. The molecule has 3 aromatic rings. The molecule has 0 unspecified atom stereocenters.